The highest BCUT2D eigenvalue weighted by atomic mass is 16.5. The summed E-state index contributed by atoms with van der Waals surface area (Å²) >= 11 is 0. The molecule has 0 unspecified atom stereocenters. The third-order valence-corrected chi connectivity index (χ3v) is 6.54. The first-order chi connectivity index (χ1) is 15.3. The summed E-state index contributed by atoms with van der Waals surface area (Å²) in [5.41, 5.74) is 3.48. The van der Waals surface area contributed by atoms with Crippen LogP contribution in [0.2, 0.25) is 0 Å². The van der Waals surface area contributed by atoms with Crippen molar-refractivity contribution in [3.8, 4) is 11.4 Å². The quantitative estimate of drug-likeness (QED) is 0.624. The Morgan fingerprint density at radius 2 is 1.52 bits per heavy atom. The molecule has 0 aliphatic carbocycles. The van der Waals surface area contributed by atoms with Gasteiger partial charge in [0.2, 0.25) is 11.7 Å². The zero-order chi connectivity index (χ0) is 21.0. The summed E-state index contributed by atoms with van der Waals surface area (Å²) in [4.78, 5) is 12.1. The molecule has 2 aliphatic heterocycles. The summed E-state index contributed by atoms with van der Waals surface area (Å²) in [6, 6.07) is 19.1. The van der Waals surface area contributed by atoms with Gasteiger partial charge in [-0.1, -0.05) is 35.5 Å². The summed E-state index contributed by atoms with van der Waals surface area (Å²) in [6.45, 7) is 6.35. The summed E-state index contributed by atoms with van der Waals surface area (Å²) < 4.78 is 5.84. The van der Waals surface area contributed by atoms with Crippen LogP contribution in [-0.2, 0) is 0 Å². The lowest BCUT2D eigenvalue weighted by atomic mass is 10.0. The molecule has 31 heavy (non-hydrogen) atoms. The average molecular weight is 418 g/mol. The number of hydrogen-bond donors (Lipinski definition) is 0. The number of piperazine rings is 1. The van der Waals surface area contributed by atoms with Crippen LogP contribution in [0.5, 0.6) is 0 Å². The molecular weight excluding hydrogens is 386 g/mol. The van der Waals surface area contributed by atoms with E-state index in [-0.39, 0.29) is 6.04 Å². The van der Waals surface area contributed by atoms with E-state index in [2.05, 4.69) is 75.4 Å². The Labute approximate surface area is 184 Å². The highest BCUT2D eigenvalue weighted by Gasteiger charge is 2.30. The number of benzene rings is 2. The molecule has 1 aromatic heterocycles. The third kappa shape index (κ3) is 4.50. The smallest absolute Gasteiger partial charge is 0.248 e. The standard InChI is InChI=1S/C25H31N5O/c1-28-16-18-30(19-17-28)23(20-8-4-2-5-9-20)25-26-24(27-31-25)21-10-12-22(13-11-21)29-14-6-3-7-15-29/h2,4-5,8-13,23H,3,6-7,14-19H2,1H3/t23-/m1/s1. The van der Waals surface area contributed by atoms with Gasteiger partial charge >= 0.3 is 0 Å². The molecule has 3 aromatic rings. The molecule has 6 nitrogen and oxygen atoms in total. The van der Waals surface area contributed by atoms with Crippen LogP contribution in [0.1, 0.15) is 36.8 Å². The Balaban J connectivity index is 1.39. The second kappa shape index (κ2) is 9.20. The van der Waals surface area contributed by atoms with E-state index in [0.29, 0.717) is 11.7 Å². The monoisotopic (exact) mass is 417 g/mol. The van der Waals surface area contributed by atoms with Crippen molar-refractivity contribution in [1.29, 1.82) is 0 Å². The zero-order valence-corrected chi connectivity index (χ0v) is 18.3. The molecule has 2 aromatic carbocycles. The zero-order valence-electron chi connectivity index (χ0n) is 18.3. The van der Waals surface area contributed by atoms with Crippen molar-refractivity contribution in [1.82, 2.24) is 19.9 Å². The minimum Gasteiger partial charge on any atom is -0.372 e. The molecule has 5 rings (SSSR count). The molecule has 0 radical (unpaired) electrons. The van der Waals surface area contributed by atoms with Crippen LogP contribution < -0.4 is 4.90 Å². The SMILES string of the molecule is CN1CCN([C@H](c2ccccc2)c2nc(-c3ccc(N4CCCCC4)cc3)no2)CC1. The lowest BCUT2D eigenvalue weighted by molar-refractivity contribution is 0.111. The number of aromatic nitrogens is 2. The Morgan fingerprint density at radius 1 is 0.806 bits per heavy atom. The van der Waals surface area contributed by atoms with E-state index >= 15 is 0 Å². The highest BCUT2D eigenvalue weighted by molar-refractivity contribution is 5.60. The molecule has 2 saturated heterocycles. The van der Waals surface area contributed by atoms with Crippen LogP contribution in [0.25, 0.3) is 11.4 Å². The van der Waals surface area contributed by atoms with E-state index in [1.807, 2.05) is 6.07 Å². The van der Waals surface area contributed by atoms with Crippen LogP contribution in [0.3, 0.4) is 0 Å². The molecular formula is C25H31N5O. The molecule has 0 N–H and O–H groups in total. The van der Waals surface area contributed by atoms with Crippen molar-refractivity contribution in [2.24, 2.45) is 0 Å². The molecule has 0 amide bonds. The first kappa shape index (κ1) is 20.2. The van der Waals surface area contributed by atoms with Gasteiger partial charge in [-0.15, -0.1) is 0 Å². The van der Waals surface area contributed by atoms with Crippen LogP contribution in [-0.4, -0.2) is 66.3 Å². The first-order valence-corrected chi connectivity index (χ1v) is 11.4. The van der Waals surface area contributed by atoms with Crippen molar-refractivity contribution in [2.45, 2.75) is 25.3 Å². The molecule has 1 atom stereocenters. The molecule has 0 saturated carbocycles. The Bertz CT molecular complexity index is 957. The lowest BCUT2D eigenvalue weighted by Crippen LogP contribution is -2.46. The maximum absolute atomic E-state index is 5.84. The summed E-state index contributed by atoms with van der Waals surface area (Å²) in [5, 5.41) is 4.35. The second-order valence-corrected chi connectivity index (χ2v) is 8.70. The fraction of sp³-hybridized carbons (Fsp3) is 0.440. The van der Waals surface area contributed by atoms with E-state index in [0.717, 1.165) is 44.8 Å². The molecule has 3 heterocycles. The van der Waals surface area contributed by atoms with Gasteiger partial charge in [0.25, 0.3) is 0 Å². The molecule has 6 heteroatoms. The fourth-order valence-electron chi connectivity index (χ4n) is 4.66. The number of likely N-dealkylation sites (N-methyl/N-ethyl adjacent to an activating group) is 1. The van der Waals surface area contributed by atoms with E-state index in [1.54, 1.807) is 0 Å². The Morgan fingerprint density at radius 3 is 2.23 bits per heavy atom. The summed E-state index contributed by atoms with van der Waals surface area (Å²) in [6.07, 6.45) is 3.91. The number of rotatable bonds is 5. The van der Waals surface area contributed by atoms with Crippen LogP contribution in [0, 0.1) is 0 Å². The second-order valence-electron chi connectivity index (χ2n) is 8.70. The largest absolute Gasteiger partial charge is 0.372 e. The van der Waals surface area contributed by atoms with Gasteiger partial charge in [-0.25, -0.2) is 0 Å². The number of nitrogens with zero attached hydrogens (tertiary/aromatic N) is 5. The number of hydrogen-bond acceptors (Lipinski definition) is 6. The van der Waals surface area contributed by atoms with Crippen LogP contribution in [0.15, 0.2) is 59.1 Å². The van der Waals surface area contributed by atoms with Crippen molar-refractivity contribution in [2.75, 3.05) is 51.2 Å². The maximum Gasteiger partial charge on any atom is 0.248 e. The molecule has 162 valence electrons. The number of piperidine rings is 1. The average Bonchev–Trinajstić information content (AvgIpc) is 3.32. The van der Waals surface area contributed by atoms with E-state index in [9.17, 15) is 0 Å². The Hall–Kier alpha value is -2.70. The maximum atomic E-state index is 5.84. The topological polar surface area (TPSA) is 48.6 Å². The van der Waals surface area contributed by atoms with Crippen LogP contribution >= 0.6 is 0 Å². The molecule has 2 aliphatic rings. The van der Waals surface area contributed by atoms with Gasteiger partial charge in [-0.05, 0) is 56.1 Å². The van der Waals surface area contributed by atoms with Gasteiger partial charge in [-0.3, -0.25) is 4.90 Å². The van der Waals surface area contributed by atoms with Gasteiger partial charge in [-0.2, -0.15) is 4.98 Å². The van der Waals surface area contributed by atoms with Gasteiger partial charge in [0, 0.05) is 50.5 Å². The highest BCUT2D eigenvalue weighted by Crippen LogP contribution is 2.30. The van der Waals surface area contributed by atoms with Gasteiger partial charge < -0.3 is 14.3 Å². The minimum atomic E-state index is -0.0104. The van der Waals surface area contributed by atoms with Crippen molar-refractivity contribution >= 4 is 5.69 Å². The lowest BCUT2D eigenvalue weighted by Gasteiger charge is -2.36. The predicted octanol–water partition coefficient (Wildman–Crippen LogP) is 4.06. The van der Waals surface area contributed by atoms with E-state index in [1.165, 1.54) is 30.5 Å². The molecule has 0 bridgehead atoms. The number of anilines is 1. The first-order valence-electron chi connectivity index (χ1n) is 11.4. The van der Waals surface area contributed by atoms with Crippen molar-refractivity contribution in [3.05, 3.63) is 66.1 Å². The third-order valence-electron chi connectivity index (χ3n) is 6.54. The predicted molar refractivity (Wildman–Crippen MR) is 123 cm³/mol. The van der Waals surface area contributed by atoms with Crippen molar-refractivity contribution in [3.63, 3.8) is 0 Å². The minimum absolute atomic E-state index is 0.0104. The van der Waals surface area contributed by atoms with Crippen molar-refractivity contribution < 1.29 is 4.52 Å². The van der Waals surface area contributed by atoms with E-state index < -0.39 is 0 Å². The van der Waals surface area contributed by atoms with Gasteiger partial charge in [0.05, 0.1) is 0 Å². The molecule has 0 spiro atoms. The van der Waals surface area contributed by atoms with Gasteiger partial charge in [0.15, 0.2) is 0 Å². The normalized spacial score (nSPS) is 19.5. The van der Waals surface area contributed by atoms with E-state index in [4.69, 9.17) is 9.51 Å². The Kier molecular flexibility index (Phi) is 6.00. The fourth-order valence-corrected chi connectivity index (χ4v) is 4.66. The van der Waals surface area contributed by atoms with Gasteiger partial charge in [0.1, 0.15) is 6.04 Å². The summed E-state index contributed by atoms with van der Waals surface area (Å²) in [5.74, 6) is 1.33. The molecule has 2 fully saturated rings. The summed E-state index contributed by atoms with van der Waals surface area (Å²) in [7, 11) is 2.17. The van der Waals surface area contributed by atoms with Crippen LogP contribution in [0.4, 0.5) is 5.69 Å².